The number of rotatable bonds is 7. The quantitative estimate of drug-likeness (QED) is 0.737. The van der Waals surface area contributed by atoms with Crippen molar-refractivity contribution in [3.05, 3.63) is 24.5 Å². The van der Waals surface area contributed by atoms with E-state index in [4.69, 9.17) is 4.74 Å². The van der Waals surface area contributed by atoms with Crippen LogP contribution in [0.5, 0.6) is 5.75 Å². The van der Waals surface area contributed by atoms with Crippen molar-refractivity contribution in [2.45, 2.75) is 26.7 Å². The fourth-order valence-corrected chi connectivity index (χ4v) is 1.26. The van der Waals surface area contributed by atoms with Gasteiger partial charge in [-0.1, -0.05) is 13.8 Å². The summed E-state index contributed by atoms with van der Waals surface area (Å²) in [6.45, 7) is 5.43. The van der Waals surface area contributed by atoms with E-state index in [1.165, 1.54) is 0 Å². The second kappa shape index (κ2) is 7.65. The molecule has 0 aliphatic heterocycles. The average molecular weight is 236 g/mol. The maximum atomic E-state index is 11.4. The van der Waals surface area contributed by atoms with E-state index in [1.807, 2.05) is 12.1 Å². The number of hydrogen-bond donors (Lipinski definition) is 1. The summed E-state index contributed by atoms with van der Waals surface area (Å²) in [4.78, 5) is 15.3. The number of aromatic nitrogens is 1. The summed E-state index contributed by atoms with van der Waals surface area (Å²) in [6, 6.07) is 3.68. The molecule has 1 amide bonds. The van der Waals surface area contributed by atoms with Crippen LogP contribution in [0.15, 0.2) is 24.5 Å². The predicted molar refractivity (Wildman–Crippen MR) is 66.8 cm³/mol. The van der Waals surface area contributed by atoms with E-state index in [0.717, 1.165) is 18.7 Å². The number of ether oxygens (including phenoxy) is 1. The zero-order valence-electron chi connectivity index (χ0n) is 10.5. The van der Waals surface area contributed by atoms with Crippen molar-refractivity contribution in [1.82, 2.24) is 10.3 Å². The van der Waals surface area contributed by atoms with Crippen molar-refractivity contribution in [2.24, 2.45) is 5.92 Å². The molecule has 0 atom stereocenters. The summed E-state index contributed by atoms with van der Waals surface area (Å²) < 4.78 is 5.44. The van der Waals surface area contributed by atoms with Crippen LogP contribution in [-0.4, -0.2) is 24.0 Å². The van der Waals surface area contributed by atoms with Gasteiger partial charge in [0.25, 0.3) is 0 Å². The molecule has 0 fully saturated rings. The van der Waals surface area contributed by atoms with Crippen LogP contribution in [-0.2, 0) is 4.79 Å². The molecule has 0 spiro atoms. The molecular formula is C13H20N2O2. The molecule has 4 heteroatoms. The molecule has 0 aliphatic carbocycles. The fraction of sp³-hybridized carbons (Fsp3) is 0.538. The van der Waals surface area contributed by atoms with E-state index in [2.05, 4.69) is 24.1 Å². The molecule has 1 heterocycles. The van der Waals surface area contributed by atoms with Crippen LogP contribution >= 0.6 is 0 Å². The van der Waals surface area contributed by atoms with Gasteiger partial charge in [0.1, 0.15) is 5.75 Å². The van der Waals surface area contributed by atoms with Gasteiger partial charge in [-0.2, -0.15) is 0 Å². The summed E-state index contributed by atoms with van der Waals surface area (Å²) in [5.41, 5.74) is 0. The van der Waals surface area contributed by atoms with Gasteiger partial charge < -0.3 is 10.1 Å². The van der Waals surface area contributed by atoms with Crippen LogP contribution in [0.4, 0.5) is 0 Å². The zero-order chi connectivity index (χ0) is 12.5. The first-order valence-corrected chi connectivity index (χ1v) is 5.98. The lowest BCUT2D eigenvalue weighted by Gasteiger charge is -2.08. The number of pyridine rings is 1. The van der Waals surface area contributed by atoms with Crippen LogP contribution in [0.3, 0.4) is 0 Å². The highest BCUT2D eigenvalue weighted by Gasteiger charge is 2.02. The second-order valence-electron chi connectivity index (χ2n) is 4.34. The van der Waals surface area contributed by atoms with Gasteiger partial charge in [0.2, 0.25) is 5.91 Å². The number of carbonyl (C=O) groups is 1. The summed E-state index contributed by atoms with van der Waals surface area (Å²) in [5.74, 6) is 1.33. The smallest absolute Gasteiger partial charge is 0.220 e. The monoisotopic (exact) mass is 236 g/mol. The normalized spacial score (nSPS) is 10.3. The molecule has 0 aromatic carbocycles. The summed E-state index contributed by atoms with van der Waals surface area (Å²) >= 11 is 0. The summed E-state index contributed by atoms with van der Waals surface area (Å²) in [6.07, 6.45) is 4.59. The molecule has 94 valence electrons. The van der Waals surface area contributed by atoms with Gasteiger partial charge in [-0.05, 0) is 24.5 Å². The van der Waals surface area contributed by atoms with Gasteiger partial charge in [0.15, 0.2) is 0 Å². The van der Waals surface area contributed by atoms with E-state index in [1.54, 1.807) is 12.4 Å². The molecule has 1 N–H and O–H groups in total. The zero-order valence-corrected chi connectivity index (χ0v) is 10.5. The molecule has 0 saturated carbocycles. The van der Waals surface area contributed by atoms with Crippen molar-refractivity contribution < 1.29 is 9.53 Å². The molecular weight excluding hydrogens is 216 g/mol. The van der Waals surface area contributed by atoms with E-state index in [-0.39, 0.29) is 5.91 Å². The number of nitrogens with one attached hydrogen (secondary N) is 1. The number of hydrogen-bond acceptors (Lipinski definition) is 3. The number of amides is 1. The van der Waals surface area contributed by atoms with E-state index < -0.39 is 0 Å². The highest BCUT2D eigenvalue weighted by Crippen LogP contribution is 2.06. The molecule has 0 radical (unpaired) electrons. The maximum absolute atomic E-state index is 11.4. The lowest BCUT2D eigenvalue weighted by molar-refractivity contribution is -0.121. The minimum absolute atomic E-state index is 0.0912. The Labute approximate surface area is 102 Å². The molecule has 1 rings (SSSR count). The van der Waals surface area contributed by atoms with Crippen LogP contribution in [0.25, 0.3) is 0 Å². The first-order valence-electron chi connectivity index (χ1n) is 5.98. The van der Waals surface area contributed by atoms with E-state index in [9.17, 15) is 4.79 Å². The summed E-state index contributed by atoms with van der Waals surface area (Å²) in [5, 5.41) is 2.87. The fourth-order valence-electron chi connectivity index (χ4n) is 1.26. The van der Waals surface area contributed by atoms with Gasteiger partial charge >= 0.3 is 0 Å². The van der Waals surface area contributed by atoms with Crippen LogP contribution in [0.2, 0.25) is 0 Å². The Kier molecular flexibility index (Phi) is 6.07. The number of carbonyl (C=O) groups excluding carboxylic acids is 1. The molecule has 1 aromatic heterocycles. The summed E-state index contributed by atoms with van der Waals surface area (Å²) in [7, 11) is 0. The topological polar surface area (TPSA) is 51.2 Å². The Hall–Kier alpha value is -1.58. The van der Waals surface area contributed by atoms with E-state index in [0.29, 0.717) is 18.9 Å². The average Bonchev–Trinajstić information content (AvgIpc) is 2.33. The SMILES string of the molecule is CC(C)CNC(=O)CCCOc1cccnc1. The Morgan fingerprint density at radius 3 is 3.00 bits per heavy atom. The van der Waals surface area contributed by atoms with Crippen LogP contribution in [0.1, 0.15) is 26.7 Å². The van der Waals surface area contributed by atoms with E-state index >= 15 is 0 Å². The van der Waals surface area contributed by atoms with Crippen molar-refractivity contribution in [2.75, 3.05) is 13.2 Å². The van der Waals surface area contributed by atoms with Gasteiger partial charge in [-0.3, -0.25) is 9.78 Å². The minimum Gasteiger partial charge on any atom is -0.492 e. The van der Waals surface area contributed by atoms with Gasteiger partial charge in [-0.15, -0.1) is 0 Å². The second-order valence-corrected chi connectivity index (χ2v) is 4.34. The molecule has 0 aliphatic rings. The van der Waals surface area contributed by atoms with Crippen molar-refractivity contribution >= 4 is 5.91 Å². The first-order chi connectivity index (χ1) is 8.18. The predicted octanol–water partition coefficient (Wildman–Crippen LogP) is 2.01. The largest absolute Gasteiger partial charge is 0.492 e. The Morgan fingerprint density at radius 1 is 1.53 bits per heavy atom. The third-order valence-electron chi connectivity index (χ3n) is 2.16. The molecule has 1 aromatic rings. The van der Waals surface area contributed by atoms with Crippen LogP contribution in [0, 0.1) is 5.92 Å². The highest BCUT2D eigenvalue weighted by atomic mass is 16.5. The Balaban J connectivity index is 2.06. The minimum atomic E-state index is 0.0912. The Morgan fingerprint density at radius 2 is 2.35 bits per heavy atom. The van der Waals surface area contributed by atoms with Gasteiger partial charge in [0.05, 0.1) is 12.8 Å². The van der Waals surface area contributed by atoms with Crippen LogP contribution < -0.4 is 10.1 Å². The standard InChI is InChI=1S/C13H20N2O2/c1-11(2)9-15-13(16)6-4-8-17-12-5-3-7-14-10-12/h3,5,7,10-11H,4,6,8-9H2,1-2H3,(H,15,16). The molecule has 0 bridgehead atoms. The maximum Gasteiger partial charge on any atom is 0.220 e. The molecule has 0 unspecified atom stereocenters. The van der Waals surface area contributed by atoms with Gasteiger partial charge in [0, 0.05) is 19.2 Å². The van der Waals surface area contributed by atoms with Crippen molar-refractivity contribution in [3.63, 3.8) is 0 Å². The molecule has 0 saturated heterocycles. The first kappa shape index (κ1) is 13.5. The third kappa shape index (κ3) is 6.56. The molecule has 17 heavy (non-hydrogen) atoms. The lowest BCUT2D eigenvalue weighted by atomic mass is 10.2. The van der Waals surface area contributed by atoms with Crippen molar-refractivity contribution in [1.29, 1.82) is 0 Å². The lowest BCUT2D eigenvalue weighted by Crippen LogP contribution is -2.27. The third-order valence-corrected chi connectivity index (χ3v) is 2.16. The molecule has 4 nitrogen and oxygen atoms in total. The number of nitrogens with zero attached hydrogens (tertiary/aromatic N) is 1. The Bertz CT molecular complexity index is 325. The highest BCUT2D eigenvalue weighted by molar-refractivity contribution is 5.75. The van der Waals surface area contributed by atoms with Gasteiger partial charge in [-0.25, -0.2) is 0 Å². The van der Waals surface area contributed by atoms with Crippen molar-refractivity contribution in [3.8, 4) is 5.75 Å².